The second kappa shape index (κ2) is 6.85. The van der Waals surface area contributed by atoms with Crippen LogP contribution in [0.3, 0.4) is 0 Å². The molecule has 1 aromatic heterocycles. The summed E-state index contributed by atoms with van der Waals surface area (Å²) in [6.45, 7) is 1.45. The Morgan fingerprint density at radius 2 is 1.95 bits per heavy atom. The number of rotatable bonds is 7. The van der Waals surface area contributed by atoms with Crippen LogP contribution in [0.15, 0.2) is 20.0 Å². The van der Waals surface area contributed by atoms with Crippen molar-refractivity contribution in [1.29, 1.82) is 0 Å². The van der Waals surface area contributed by atoms with Crippen LogP contribution >= 0.6 is 15.9 Å². The van der Waals surface area contributed by atoms with E-state index in [1.54, 1.807) is 7.05 Å². The molecule has 1 rings (SSSR count). The summed E-state index contributed by atoms with van der Waals surface area (Å²) >= 11 is 3.12. The van der Waals surface area contributed by atoms with Crippen molar-refractivity contribution in [3.05, 3.63) is 16.5 Å². The molecule has 2 N–H and O–H groups in total. The van der Waals surface area contributed by atoms with E-state index in [1.165, 1.54) is 10.4 Å². The third-order valence-corrected chi connectivity index (χ3v) is 5.39. The van der Waals surface area contributed by atoms with Gasteiger partial charge in [-0.15, -0.1) is 0 Å². The van der Waals surface area contributed by atoms with E-state index < -0.39 is 10.0 Å². The molecule has 0 aromatic carbocycles. The van der Waals surface area contributed by atoms with Gasteiger partial charge in [0.05, 0.1) is 6.54 Å². The number of nitrogens with two attached hydrogens (primary N) is 1. The van der Waals surface area contributed by atoms with Gasteiger partial charge in [0, 0.05) is 19.7 Å². The fourth-order valence-corrected chi connectivity index (χ4v) is 3.74. The normalized spacial score (nSPS) is 12.6. The van der Waals surface area contributed by atoms with Gasteiger partial charge in [0.15, 0.2) is 4.67 Å². The van der Waals surface area contributed by atoms with Gasteiger partial charge in [0.2, 0.25) is 10.0 Å². The Morgan fingerprint density at radius 1 is 1.32 bits per heavy atom. The molecule has 8 heteroatoms. The van der Waals surface area contributed by atoms with Gasteiger partial charge < -0.3 is 15.1 Å². The Balaban J connectivity index is 2.81. The van der Waals surface area contributed by atoms with Crippen LogP contribution in [0, 0.1) is 0 Å². The average Bonchev–Trinajstić information content (AvgIpc) is 2.70. The van der Waals surface area contributed by atoms with Crippen molar-refractivity contribution < 1.29 is 12.8 Å². The van der Waals surface area contributed by atoms with Crippen molar-refractivity contribution >= 4 is 26.0 Å². The zero-order valence-corrected chi connectivity index (χ0v) is 13.8. The summed E-state index contributed by atoms with van der Waals surface area (Å²) in [5, 5.41) is 0. The van der Waals surface area contributed by atoms with Crippen LogP contribution < -0.4 is 5.73 Å². The van der Waals surface area contributed by atoms with E-state index in [0.29, 0.717) is 12.3 Å². The van der Waals surface area contributed by atoms with Crippen LogP contribution in [0.1, 0.15) is 12.2 Å². The first-order chi connectivity index (χ1) is 8.78. The highest BCUT2D eigenvalue weighted by molar-refractivity contribution is 9.10. The van der Waals surface area contributed by atoms with E-state index >= 15 is 0 Å². The molecule has 0 fully saturated rings. The maximum atomic E-state index is 12.3. The molecule has 0 saturated carbocycles. The molecule has 0 saturated heterocycles. The zero-order valence-electron chi connectivity index (χ0n) is 11.4. The van der Waals surface area contributed by atoms with Crippen molar-refractivity contribution in [2.45, 2.75) is 17.9 Å². The molecular weight excluding hydrogens is 334 g/mol. The summed E-state index contributed by atoms with van der Waals surface area (Å²) in [7, 11) is 1.93. The van der Waals surface area contributed by atoms with Gasteiger partial charge in [0.1, 0.15) is 10.7 Å². The first-order valence-electron chi connectivity index (χ1n) is 5.88. The molecule has 110 valence electrons. The standard InChI is InChI=1S/C11H20BrN3O3S/c1-14(2)5-4-6-15(3)19(16,17)10-7-9(8-13)18-11(10)12/h7H,4-6,8,13H2,1-3H3. The van der Waals surface area contributed by atoms with E-state index in [2.05, 4.69) is 15.9 Å². The van der Waals surface area contributed by atoms with Crippen LogP contribution in [0.25, 0.3) is 0 Å². The SMILES string of the molecule is CN(C)CCCN(C)S(=O)(=O)c1cc(CN)oc1Br. The molecule has 0 radical (unpaired) electrons. The summed E-state index contributed by atoms with van der Waals surface area (Å²) in [6.07, 6.45) is 0.766. The Kier molecular flexibility index (Phi) is 6.00. The van der Waals surface area contributed by atoms with Gasteiger partial charge in [-0.2, -0.15) is 0 Å². The Bertz CT molecular complexity index is 513. The minimum atomic E-state index is -3.54. The molecule has 1 aromatic rings. The first-order valence-corrected chi connectivity index (χ1v) is 8.11. The highest BCUT2D eigenvalue weighted by Crippen LogP contribution is 2.28. The van der Waals surface area contributed by atoms with Crippen LogP contribution in [-0.2, 0) is 16.6 Å². The lowest BCUT2D eigenvalue weighted by Crippen LogP contribution is -2.29. The lowest BCUT2D eigenvalue weighted by Gasteiger charge is -2.17. The number of sulfonamides is 1. The molecule has 19 heavy (non-hydrogen) atoms. The van der Waals surface area contributed by atoms with E-state index in [9.17, 15) is 8.42 Å². The van der Waals surface area contributed by atoms with Gasteiger partial charge in [-0.3, -0.25) is 0 Å². The van der Waals surface area contributed by atoms with Gasteiger partial charge in [-0.05, 0) is 43.0 Å². The highest BCUT2D eigenvalue weighted by atomic mass is 79.9. The van der Waals surface area contributed by atoms with Gasteiger partial charge in [-0.1, -0.05) is 0 Å². The molecule has 1 heterocycles. The topological polar surface area (TPSA) is 79.8 Å². The van der Waals surface area contributed by atoms with Crippen LogP contribution in [-0.4, -0.2) is 51.9 Å². The fraction of sp³-hybridized carbons (Fsp3) is 0.636. The first kappa shape index (κ1) is 16.6. The summed E-state index contributed by atoms with van der Waals surface area (Å²) in [6, 6.07) is 1.46. The van der Waals surface area contributed by atoms with Crippen molar-refractivity contribution in [2.24, 2.45) is 5.73 Å². The predicted octanol–water partition coefficient (Wildman–Crippen LogP) is 1.07. The monoisotopic (exact) mass is 353 g/mol. The molecule has 0 aliphatic carbocycles. The molecule has 0 spiro atoms. The Morgan fingerprint density at radius 3 is 2.42 bits per heavy atom. The second-order valence-corrected chi connectivity index (χ2v) is 7.27. The zero-order chi connectivity index (χ0) is 14.6. The van der Waals surface area contributed by atoms with Crippen LogP contribution in [0.5, 0.6) is 0 Å². The number of nitrogens with zero attached hydrogens (tertiary/aromatic N) is 2. The van der Waals surface area contributed by atoms with Gasteiger partial charge in [-0.25, -0.2) is 12.7 Å². The third-order valence-electron chi connectivity index (χ3n) is 2.67. The fourth-order valence-electron chi connectivity index (χ4n) is 1.57. The minimum Gasteiger partial charge on any atom is -0.452 e. The minimum absolute atomic E-state index is 0.125. The number of hydrogen-bond donors (Lipinski definition) is 1. The lowest BCUT2D eigenvalue weighted by atomic mass is 10.4. The number of hydrogen-bond acceptors (Lipinski definition) is 5. The summed E-state index contributed by atoms with van der Waals surface area (Å²) < 4.78 is 31.4. The maximum absolute atomic E-state index is 12.3. The quantitative estimate of drug-likeness (QED) is 0.793. The molecule has 0 aliphatic heterocycles. The van der Waals surface area contributed by atoms with Gasteiger partial charge >= 0.3 is 0 Å². The molecule has 0 atom stereocenters. The Labute approximate surface area is 122 Å². The average molecular weight is 354 g/mol. The number of halogens is 1. The lowest BCUT2D eigenvalue weighted by molar-refractivity contribution is 0.370. The van der Waals surface area contributed by atoms with E-state index in [-0.39, 0.29) is 16.1 Å². The van der Waals surface area contributed by atoms with Crippen LogP contribution in [0.2, 0.25) is 0 Å². The maximum Gasteiger partial charge on any atom is 0.247 e. The second-order valence-electron chi connectivity index (χ2n) is 4.54. The molecule has 0 bridgehead atoms. The smallest absolute Gasteiger partial charge is 0.247 e. The van der Waals surface area contributed by atoms with Crippen molar-refractivity contribution in [3.63, 3.8) is 0 Å². The van der Waals surface area contributed by atoms with E-state index in [1.807, 2.05) is 19.0 Å². The molecule has 0 unspecified atom stereocenters. The third kappa shape index (κ3) is 4.28. The van der Waals surface area contributed by atoms with Crippen LogP contribution in [0.4, 0.5) is 0 Å². The van der Waals surface area contributed by atoms with Crippen molar-refractivity contribution in [1.82, 2.24) is 9.21 Å². The summed E-state index contributed by atoms with van der Waals surface area (Å²) in [5.74, 6) is 0.437. The van der Waals surface area contributed by atoms with E-state index in [4.69, 9.17) is 10.2 Å². The highest BCUT2D eigenvalue weighted by Gasteiger charge is 2.26. The summed E-state index contributed by atoms with van der Waals surface area (Å²) in [4.78, 5) is 2.14. The summed E-state index contributed by atoms with van der Waals surface area (Å²) in [5.41, 5.74) is 5.44. The largest absolute Gasteiger partial charge is 0.452 e. The Hall–Kier alpha value is -0.410. The molecule has 0 amide bonds. The number of furan rings is 1. The van der Waals surface area contributed by atoms with Gasteiger partial charge in [0.25, 0.3) is 0 Å². The van der Waals surface area contributed by atoms with Crippen molar-refractivity contribution in [2.75, 3.05) is 34.2 Å². The predicted molar refractivity (Wildman–Crippen MR) is 77.3 cm³/mol. The van der Waals surface area contributed by atoms with Crippen molar-refractivity contribution in [3.8, 4) is 0 Å². The van der Waals surface area contributed by atoms with E-state index in [0.717, 1.165) is 13.0 Å². The molecular formula is C11H20BrN3O3S. The molecule has 0 aliphatic rings. The molecule has 6 nitrogen and oxygen atoms in total.